The van der Waals surface area contributed by atoms with Crippen LogP contribution < -0.4 is 10.8 Å². The van der Waals surface area contributed by atoms with Crippen LogP contribution in [0.15, 0.2) is 0 Å². The summed E-state index contributed by atoms with van der Waals surface area (Å²) >= 11 is 0. The van der Waals surface area contributed by atoms with Crippen molar-refractivity contribution in [1.82, 2.24) is 10.8 Å². The second-order valence-corrected chi connectivity index (χ2v) is 4.05. The summed E-state index contributed by atoms with van der Waals surface area (Å²) in [5, 5.41) is 2.59. The Kier molecular flexibility index (Phi) is 2.56. The third-order valence-electron chi connectivity index (χ3n) is 1.73. The Morgan fingerprint density at radius 2 is 2.23 bits per heavy atom. The van der Waals surface area contributed by atoms with Crippen LogP contribution in [-0.4, -0.2) is 24.5 Å². The van der Waals surface area contributed by atoms with Gasteiger partial charge in [0.2, 0.25) is 5.91 Å². The van der Waals surface area contributed by atoms with Crippen LogP contribution in [0.5, 0.6) is 0 Å². The summed E-state index contributed by atoms with van der Waals surface area (Å²) in [6.07, 6.45) is 0. The molecule has 1 rings (SSSR count). The first-order valence-electron chi connectivity index (χ1n) is 4.14. The van der Waals surface area contributed by atoms with E-state index in [1.165, 1.54) is 0 Å². The molecule has 0 aliphatic carbocycles. The molecule has 0 bridgehead atoms. The van der Waals surface area contributed by atoms with Crippen molar-refractivity contribution in [2.24, 2.45) is 5.41 Å². The number of hydroxylamine groups is 1. The van der Waals surface area contributed by atoms with Crippen molar-refractivity contribution in [2.45, 2.75) is 26.8 Å². The van der Waals surface area contributed by atoms with Gasteiger partial charge < -0.3 is 5.32 Å². The van der Waals surface area contributed by atoms with E-state index in [1.807, 2.05) is 0 Å². The SMILES string of the molecule is CC(C)(C)C(=O)N[C@H]1CONC1=O. The Labute approximate surface area is 76.8 Å². The first-order chi connectivity index (χ1) is 5.91. The molecule has 0 aromatic heterocycles. The molecule has 0 saturated carbocycles. The highest BCUT2D eigenvalue weighted by Gasteiger charge is 2.31. The van der Waals surface area contributed by atoms with Crippen molar-refractivity contribution in [3.63, 3.8) is 0 Å². The molecular weight excluding hydrogens is 172 g/mol. The smallest absolute Gasteiger partial charge is 0.268 e. The van der Waals surface area contributed by atoms with Gasteiger partial charge in [-0.1, -0.05) is 20.8 Å². The fraction of sp³-hybridized carbons (Fsp3) is 0.750. The van der Waals surface area contributed by atoms with Crippen LogP contribution in [0.25, 0.3) is 0 Å². The minimum absolute atomic E-state index is 0.154. The zero-order valence-corrected chi connectivity index (χ0v) is 8.01. The number of carbonyl (C=O) groups excluding carboxylic acids is 2. The van der Waals surface area contributed by atoms with E-state index in [9.17, 15) is 9.59 Å². The predicted molar refractivity (Wildman–Crippen MR) is 45.5 cm³/mol. The number of nitrogens with one attached hydrogen (secondary N) is 2. The van der Waals surface area contributed by atoms with E-state index in [0.717, 1.165) is 0 Å². The van der Waals surface area contributed by atoms with Gasteiger partial charge in [-0.2, -0.15) is 0 Å². The van der Waals surface area contributed by atoms with Gasteiger partial charge in [0, 0.05) is 5.41 Å². The normalized spacial score (nSPS) is 22.7. The van der Waals surface area contributed by atoms with Gasteiger partial charge in [-0.15, -0.1) is 0 Å². The van der Waals surface area contributed by atoms with Gasteiger partial charge in [-0.25, -0.2) is 5.48 Å². The molecule has 1 aliphatic heterocycles. The zero-order valence-electron chi connectivity index (χ0n) is 8.01. The fourth-order valence-electron chi connectivity index (χ4n) is 0.825. The highest BCUT2D eigenvalue weighted by Crippen LogP contribution is 2.13. The Morgan fingerprint density at radius 3 is 2.62 bits per heavy atom. The Hall–Kier alpha value is -1.10. The Bertz CT molecular complexity index is 232. The molecule has 0 spiro atoms. The van der Waals surface area contributed by atoms with E-state index in [0.29, 0.717) is 0 Å². The maximum atomic E-state index is 11.4. The number of rotatable bonds is 1. The quantitative estimate of drug-likeness (QED) is 0.584. The largest absolute Gasteiger partial charge is 0.342 e. The van der Waals surface area contributed by atoms with Gasteiger partial charge in [0.25, 0.3) is 5.91 Å². The molecule has 0 aromatic rings. The Morgan fingerprint density at radius 1 is 1.62 bits per heavy atom. The lowest BCUT2D eigenvalue weighted by Gasteiger charge is -2.19. The standard InChI is InChI=1S/C8H14N2O3/c1-8(2,3)7(12)9-5-4-13-10-6(5)11/h5H,4H2,1-3H3,(H,9,12)(H,10,11)/t5-/m0/s1. The number of hydrogen-bond donors (Lipinski definition) is 2. The number of hydrogen-bond acceptors (Lipinski definition) is 3. The molecule has 1 saturated heterocycles. The molecule has 2 amide bonds. The molecule has 1 fully saturated rings. The van der Waals surface area contributed by atoms with Crippen LogP contribution in [0.3, 0.4) is 0 Å². The molecule has 1 atom stereocenters. The van der Waals surface area contributed by atoms with Crippen LogP contribution in [0.1, 0.15) is 20.8 Å². The molecule has 1 aliphatic rings. The first-order valence-corrected chi connectivity index (χ1v) is 4.14. The maximum Gasteiger partial charge on any atom is 0.268 e. The lowest BCUT2D eigenvalue weighted by molar-refractivity contribution is -0.132. The van der Waals surface area contributed by atoms with Gasteiger partial charge in [-0.05, 0) is 0 Å². The molecule has 2 N–H and O–H groups in total. The average molecular weight is 186 g/mol. The highest BCUT2D eigenvalue weighted by atomic mass is 16.7. The van der Waals surface area contributed by atoms with E-state index in [2.05, 4.69) is 15.6 Å². The van der Waals surface area contributed by atoms with Gasteiger partial charge in [-0.3, -0.25) is 14.4 Å². The fourth-order valence-corrected chi connectivity index (χ4v) is 0.825. The van der Waals surface area contributed by atoms with Crippen molar-refractivity contribution in [2.75, 3.05) is 6.61 Å². The zero-order chi connectivity index (χ0) is 10.1. The lowest BCUT2D eigenvalue weighted by atomic mass is 9.95. The second-order valence-electron chi connectivity index (χ2n) is 4.05. The van der Waals surface area contributed by atoms with Crippen molar-refractivity contribution >= 4 is 11.8 Å². The number of carbonyl (C=O) groups is 2. The molecule has 1 heterocycles. The molecule has 0 aromatic carbocycles. The van der Waals surface area contributed by atoms with Crippen LogP contribution >= 0.6 is 0 Å². The maximum absolute atomic E-state index is 11.4. The van der Waals surface area contributed by atoms with E-state index in [4.69, 9.17) is 0 Å². The van der Waals surface area contributed by atoms with E-state index >= 15 is 0 Å². The Balaban J connectivity index is 2.49. The van der Waals surface area contributed by atoms with Crippen LogP contribution in [0.4, 0.5) is 0 Å². The molecule has 0 unspecified atom stereocenters. The summed E-state index contributed by atoms with van der Waals surface area (Å²) < 4.78 is 0. The van der Waals surface area contributed by atoms with Crippen molar-refractivity contribution < 1.29 is 14.4 Å². The third-order valence-corrected chi connectivity index (χ3v) is 1.73. The summed E-state index contributed by atoms with van der Waals surface area (Å²) in [7, 11) is 0. The molecule has 5 nitrogen and oxygen atoms in total. The molecular formula is C8H14N2O3. The molecule has 74 valence electrons. The summed E-state index contributed by atoms with van der Waals surface area (Å²) in [5.74, 6) is -0.448. The summed E-state index contributed by atoms with van der Waals surface area (Å²) in [4.78, 5) is 27.1. The van der Waals surface area contributed by atoms with Crippen LogP contribution in [0.2, 0.25) is 0 Å². The van der Waals surface area contributed by atoms with Gasteiger partial charge >= 0.3 is 0 Å². The summed E-state index contributed by atoms with van der Waals surface area (Å²) in [6, 6.07) is -0.549. The minimum Gasteiger partial charge on any atom is -0.342 e. The van der Waals surface area contributed by atoms with Crippen LogP contribution in [0, 0.1) is 5.41 Å². The van der Waals surface area contributed by atoms with E-state index in [-0.39, 0.29) is 18.4 Å². The topological polar surface area (TPSA) is 67.4 Å². The first kappa shape index (κ1) is 9.98. The van der Waals surface area contributed by atoms with Crippen molar-refractivity contribution in [1.29, 1.82) is 0 Å². The average Bonchev–Trinajstić information content (AvgIpc) is 2.34. The molecule has 5 heteroatoms. The second kappa shape index (κ2) is 3.33. The molecule has 0 radical (unpaired) electrons. The van der Waals surface area contributed by atoms with Gasteiger partial charge in [0.05, 0.1) is 0 Å². The minimum atomic E-state index is -0.549. The van der Waals surface area contributed by atoms with Crippen molar-refractivity contribution in [3.8, 4) is 0 Å². The molecule has 13 heavy (non-hydrogen) atoms. The monoisotopic (exact) mass is 186 g/mol. The summed E-state index contributed by atoms with van der Waals surface area (Å²) in [6.45, 7) is 5.56. The van der Waals surface area contributed by atoms with E-state index < -0.39 is 11.5 Å². The predicted octanol–water partition coefficient (Wildman–Crippen LogP) is -0.421. The van der Waals surface area contributed by atoms with Gasteiger partial charge in [0.15, 0.2) is 0 Å². The highest BCUT2D eigenvalue weighted by molar-refractivity contribution is 5.89. The van der Waals surface area contributed by atoms with Crippen molar-refractivity contribution in [3.05, 3.63) is 0 Å². The van der Waals surface area contributed by atoms with E-state index in [1.54, 1.807) is 20.8 Å². The summed E-state index contributed by atoms with van der Waals surface area (Å²) in [5.41, 5.74) is 1.69. The lowest BCUT2D eigenvalue weighted by Crippen LogP contribution is -2.46. The van der Waals surface area contributed by atoms with Crippen LogP contribution in [-0.2, 0) is 14.4 Å². The number of amides is 2. The third kappa shape index (κ3) is 2.42. The van der Waals surface area contributed by atoms with Gasteiger partial charge in [0.1, 0.15) is 12.6 Å².